The SMILES string of the molecule is CC(=O)[C@@H](C)[C@H](O)[C@H](C)[C@@H]1COC(C)(C)O1. The molecule has 94 valence electrons. The average Bonchev–Trinajstić information content (AvgIpc) is 2.55. The van der Waals surface area contributed by atoms with E-state index in [9.17, 15) is 9.90 Å². The number of aliphatic hydroxyl groups is 1. The van der Waals surface area contributed by atoms with Crippen LogP contribution in [0.15, 0.2) is 0 Å². The van der Waals surface area contributed by atoms with E-state index in [-0.39, 0.29) is 23.7 Å². The van der Waals surface area contributed by atoms with Crippen molar-refractivity contribution in [3.05, 3.63) is 0 Å². The first kappa shape index (κ1) is 13.6. The van der Waals surface area contributed by atoms with Gasteiger partial charge >= 0.3 is 0 Å². The summed E-state index contributed by atoms with van der Waals surface area (Å²) in [5, 5.41) is 10.0. The second-order valence-electron chi connectivity index (χ2n) is 5.12. The Kier molecular flexibility index (Phi) is 4.10. The van der Waals surface area contributed by atoms with Crippen molar-refractivity contribution in [1.29, 1.82) is 0 Å². The fraction of sp³-hybridized carbons (Fsp3) is 0.917. The Morgan fingerprint density at radius 3 is 2.38 bits per heavy atom. The molecule has 0 spiro atoms. The molecule has 0 bridgehead atoms. The molecule has 0 aromatic carbocycles. The molecule has 0 radical (unpaired) electrons. The average molecular weight is 230 g/mol. The molecule has 0 amide bonds. The third kappa shape index (κ3) is 3.03. The topological polar surface area (TPSA) is 55.8 Å². The summed E-state index contributed by atoms with van der Waals surface area (Å²) in [6.07, 6.45) is -0.827. The summed E-state index contributed by atoms with van der Waals surface area (Å²) in [6.45, 7) is 9.29. The van der Waals surface area contributed by atoms with Gasteiger partial charge in [-0.2, -0.15) is 0 Å². The van der Waals surface area contributed by atoms with Crippen LogP contribution in [-0.2, 0) is 14.3 Å². The number of hydrogen-bond donors (Lipinski definition) is 1. The monoisotopic (exact) mass is 230 g/mol. The van der Waals surface area contributed by atoms with Gasteiger partial charge in [0.15, 0.2) is 5.79 Å². The molecule has 0 aromatic rings. The first-order valence-electron chi connectivity index (χ1n) is 5.75. The number of carbonyl (C=O) groups is 1. The Labute approximate surface area is 96.9 Å². The fourth-order valence-corrected chi connectivity index (χ4v) is 1.89. The fourth-order valence-electron chi connectivity index (χ4n) is 1.89. The van der Waals surface area contributed by atoms with Gasteiger partial charge < -0.3 is 14.6 Å². The summed E-state index contributed by atoms with van der Waals surface area (Å²) < 4.78 is 11.1. The quantitative estimate of drug-likeness (QED) is 0.792. The van der Waals surface area contributed by atoms with Gasteiger partial charge in [-0.15, -0.1) is 0 Å². The normalized spacial score (nSPS) is 29.8. The summed E-state index contributed by atoms with van der Waals surface area (Å²) in [4.78, 5) is 11.2. The van der Waals surface area contributed by atoms with E-state index >= 15 is 0 Å². The lowest BCUT2D eigenvalue weighted by Gasteiger charge is -2.27. The van der Waals surface area contributed by atoms with Gasteiger partial charge in [-0.25, -0.2) is 0 Å². The molecule has 0 aromatic heterocycles. The van der Waals surface area contributed by atoms with Crippen LogP contribution in [0.25, 0.3) is 0 Å². The minimum atomic E-state index is -0.681. The third-order valence-corrected chi connectivity index (χ3v) is 3.31. The van der Waals surface area contributed by atoms with Crippen LogP contribution in [0.3, 0.4) is 0 Å². The highest BCUT2D eigenvalue weighted by Crippen LogP contribution is 2.29. The van der Waals surface area contributed by atoms with E-state index in [0.717, 1.165) is 0 Å². The maximum Gasteiger partial charge on any atom is 0.163 e. The maximum atomic E-state index is 11.2. The van der Waals surface area contributed by atoms with Crippen LogP contribution in [-0.4, -0.2) is 35.5 Å². The number of rotatable bonds is 4. The first-order chi connectivity index (χ1) is 7.24. The first-order valence-corrected chi connectivity index (χ1v) is 5.75. The van der Waals surface area contributed by atoms with E-state index < -0.39 is 11.9 Å². The highest BCUT2D eigenvalue weighted by molar-refractivity contribution is 5.78. The number of ketones is 1. The molecule has 4 nitrogen and oxygen atoms in total. The highest BCUT2D eigenvalue weighted by atomic mass is 16.7. The predicted molar refractivity (Wildman–Crippen MR) is 59.9 cm³/mol. The van der Waals surface area contributed by atoms with Crippen LogP contribution in [0.2, 0.25) is 0 Å². The number of hydrogen-bond acceptors (Lipinski definition) is 4. The molecule has 4 atom stereocenters. The zero-order chi connectivity index (χ0) is 12.5. The predicted octanol–water partition coefficient (Wildman–Crippen LogP) is 1.36. The smallest absolute Gasteiger partial charge is 0.163 e. The van der Waals surface area contributed by atoms with Crippen molar-refractivity contribution in [2.75, 3.05) is 6.61 Å². The second-order valence-corrected chi connectivity index (χ2v) is 5.12. The third-order valence-electron chi connectivity index (χ3n) is 3.31. The van der Waals surface area contributed by atoms with E-state index in [1.165, 1.54) is 6.92 Å². The summed E-state index contributed by atoms with van der Waals surface area (Å²) in [6, 6.07) is 0. The largest absolute Gasteiger partial charge is 0.392 e. The van der Waals surface area contributed by atoms with E-state index in [4.69, 9.17) is 9.47 Å². The lowest BCUT2D eigenvalue weighted by molar-refractivity contribution is -0.151. The molecule has 0 aliphatic carbocycles. The molecular weight excluding hydrogens is 208 g/mol. The second kappa shape index (κ2) is 4.82. The lowest BCUT2D eigenvalue weighted by atomic mass is 9.87. The number of carbonyl (C=O) groups excluding carboxylic acids is 1. The Morgan fingerprint density at radius 2 is 2.00 bits per heavy atom. The summed E-state index contributed by atoms with van der Waals surface area (Å²) in [5.41, 5.74) is 0. The summed E-state index contributed by atoms with van der Waals surface area (Å²) >= 11 is 0. The Hall–Kier alpha value is -0.450. The van der Waals surface area contributed by atoms with Gasteiger partial charge in [-0.05, 0) is 20.8 Å². The van der Waals surface area contributed by atoms with Gasteiger partial charge in [0.1, 0.15) is 5.78 Å². The molecule has 1 saturated heterocycles. The van der Waals surface area contributed by atoms with Crippen LogP contribution < -0.4 is 0 Å². The minimum Gasteiger partial charge on any atom is -0.392 e. The van der Waals surface area contributed by atoms with Gasteiger partial charge in [-0.3, -0.25) is 4.79 Å². The van der Waals surface area contributed by atoms with Crippen molar-refractivity contribution in [2.24, 2.45) is 11.8 Å². The van der Waals surface area contributed by atoms with E-state index in [1.54, 1.807) is 6.92 Å². The van der Waals surface area contributed by atoms with Gasteiger partial charge in [0.25, 0.3) is 0 Å². The molecule has 1 aliphatic rings. The molecule has 1 heterocycles. The van der Waals surface area contributed by atoms with Crippen molar-refractivity contribution in [1.82, 2.24) is 0 Å². The van der Waals surface area contributed by atoms with Gasteiger partial charge in [0.05, 0.1) is 18.8 Å². The van der Waals surface area contributed by atoms with E-state index in [0.29, 0.717) is 6.61 Å². The van der Waals surface area contributed by atoms with Crippen molar-refractivity contribution in [2.45, 2.75) is 52.6 Å². The highest BCUT2D eigenvalue weighted by Gasteiger charge is 2.39. The van der Waals surface area contributed by atoms with Crippen molar-refractivity contribution >= 4 is 5.78 Å². The zero-order valence-corrected chi connectivity index (χ0v) is 10.7. The van der Waals surface area contributed by atoms with Crippen LogP contribution in [0.5, 0.6) is 0 Å². The Bertz CT molecular complexity index is 262. The van der Waals surface area contributed by atoms with E-state index in [1.807, 2.05) is 20.8 Å². The standard InChI is InChI=1S/C12H22O4/c1-7(9(3)13)11(14)8(2)10-6-15-12(4,5)16-10/h7-8,10-11,14H,6H2,1-5H3/t7-,8-,10+,11+/m1/s1. The number of aliphatic hydroxyl groups excluding tert-OH is 1. The number of Topliss-reactive ketones (excluding diaryl/α,β-unsaturated/α-hetero) is 1. The zero-order valence-electron chi connectivity index (χ0n) is 10.7. The van der Waals surface area contributed by atoms with Crippen LogP contribution in [0, 0.1) is 11.8 Å². The van der Waals surface area contributed by atoms with Crippen molar-refractivity contribution < 1.29 is 19.4 Å². The molecule has 16 heavy (non-hydrogen) atoms. The van der Waals surface area contributed by atoms with Gasteiger partial charge in [-0.1, -0.05) is 13.8 Å². The van der Waals surface area contributed by atoms with Gasteiger partial charge in [0.2, 0.25) is 0 Å². The van der Waals surface area contributed by atoms with Crippen LogP contribution in [0.4, 0.5) is 0 Å². The Balaban J connectivity index is 2.58. The molecule has 1 fully saturated rings. The molecule has 1 aliphatic heterocycles. The molecule has 0 saturated carbocycles. The number of ether oxygens (including phenoxy) is 2. The van der Waals surface area contributed by atoms with Gasteiger partial charge in [0, 0.05) is 11.8 Å². The molecule has 0 unspecified atom stereocenters. The Morgan fingerprint density at radius 1 is 1.44 bits per heavy atom. The lowest BCUT2D eigenvalue weighted by Crippen LogP contribution is -2.38. The van der Waals surface area contributed by atoms with Crippen LogP contribution >= 0.6 is 0 Å². The summed E-state index contributed by atoms with van der Waals surface area (Å²) in [5.74, 6) is -1.06. The van der Waals surface area contributed by atoms with Crippen LogP contribution in [0.1, 0.15) is 34.6 Å². The molecule has 1 rings (SSSR count). The molecule has 4 heteroatoms. The summed E-state index contributed by atoms with van der Waals surface area (Å²) in [7, 11) is 0. The van der Waals surface area contributed by atoms with Crippen molar-refractivity contribution in [3.63, 3.8) is 0 Å². The minimum absolute atomic E-state index is 0.00229. The van der Waals surface area contributed by atoms with E-state index in [2.05, 4.69) is 0 Å². The molecular formula is C12H22O4. The maximum absolute atomic E-state index is 11.2. The molecule has 1 N–H and O–H groups in total. The van der Waals surface area contributed by atoms with Crippen molar-refractivity contribution in [3.8, 4) is 0 Å².